The molecule has 9 nitrogen and oxygen atoms in total. The van der Waals surface area contributed by atoms with Crippen LogP contribution in [0, 0.1) is 5.92 Å². The average molecular weight is 486 g/mol. The van der Waals surface area contributed by atoms with Gasteiger partial charge in [-0.05, 0) is 62.9 Å². The van der Waals surface area contributed by atoms with Gasteiger partial charge in [0.15, 0.2) is 11.4 Å². The summed E-state index contributed by atoms with van der Waals surface area (Å²) in [5.41, 5.74) is 11.3. The van der Waals surface area contributed by atoms with Crippen molar-refractivity contribution >= 4 is 23.2 Å². The molecule has 1 fully saturated rings. The van der Waals surface area contributed by atoms with Crippen molar-refractivity contribution in [2.24, 2.45) is 5.92 Å². The van der Waals surface area contributed by atoms with Crippen molar-refractivity contribution in [3.8, 4) is 28.1 Å². The van der Waals surface area contributed by atoms with Gasteiger partial charge in [0.1, 0.15) is 11.6 Å². The fraction of sp³-hybridized carbons (Fsp3) is 0.296. The van der Waals surface area contributed by atoms with Crippen LogP contribution in [0.15, 0.2) is 48.8 Å². The molecule has 3 heterocycles. The number of hydrogen-bond donors (Lipinski definition) is 2. The number of Topliss-reactive ketones (excluding diaryl/α,β-unsaturated/α-hetero) is 1. The Morgan fingerprint density at radius 2 is 1.72 bits per heavy atom. The van der Waals surface area contributed by atoms with E-state index in [-0.39, 0.29) is 23.4 Å². The molecule has 0 amide bonds. The van der Waals surface area contributed by atoms with Crippen molar-refractivity contribution in [3.05, 3.63) is 60.0 Å². The van der Waals surface area contributed by atoms with Crippen LogP contribution in [0.1, 0.15) is 54.6 Å². The van der Waals surface area contributed by atoms with Gasteiger partial charge in [0, 0.05) is 28.8 Å². The zero-order valence-electron chi connectivity index (χ0n) is 20.1. The molecular formula is C27H27N5O4. The minimum atomic E-state index is -0.771. The first-order chi connectivity index (χ1) is 17.4. The number of aromatic nitrogens is 4. The lowest BCUT2D eigenvalue weighted by molar-refractivity contribution is -0.142. The van der Waals surface area contributed by atoms with Gasteiger partial charge in [-0.15, -0.1) is 0 Å². The van der Waals surface area contributed by atoms with E-state index in [9.17, 15) is 14.7 Å². The Labute approximate surface area is 208 Å². The maximum Gasteiger partial charge on any atom is 0.306 e. The second kappa shape index (κ2) is 9.41. The van der Waals surface area contributed by atoms with Gasteiger partial charge in [-0.3, -0.25) is 14.6 Å². The number of fused-ring (bicyclic) bond motifs is 1. The Kier molecular flexibility index (Phi) is 6.13. The van der Waals surface area contributed by atoms with Crippen LogP contribution in [0.25, 0.3) is 28.0 Å². The number of anilines is 1. The average Bonchev–Trinajstić information content (AvgIpc) is 3.33. The molecule has 0 atom stereocenters. The summed E-state index contributed by atoms with van der Waals surface area (Å²) in [6, 6.07) is 11.6. The van der Waals surface area contributed by atoms with Crippen molar-refractivity contribution in [2.45, 2.75) is 38.5 Å². The van der Waals surface area contributed by atoms with Crippen molar-refractivity contribution in [1.82, 2.24) is 19.6 Å². The van der Waals surface area contributed by atoms with Gasteiger partial charge >= 0.3 is 5.97 Å². The number of nitrogens with zero attached hydrogens (tertiary/aromatic N) is 4. The molecule has 1 aromatic carbocycles. The molecule has 36 heavy (non-hydrogen) atoms. The van der Waals surface area contributed by atoms with Gasteiger partial charge in [0.25, 0.3) is 0 Å². The number of nitrogen functional groups attached to an aromatic ring is 1. The van der Waals surface area contributed by atoms with Crippen LogP contribution in [0.3, 0.4) is 0 Å². The fourth-order valence-electron chi connectivity index (χ4n) is 4.99. The summed E-state index contributed by atoms with van der Waals surface area (Å²) in [6.07, 6.45) is 5.83. The number of ether oxygens (including phenoxy) is 1. The summed E-state index contributed by atoms with van der Waals surface area (Å²) in [4.78, 5) is 33.5. The van der Waals surface area contributed by atoms with Gasteiger partial charge in [-0.25, -0.2) is 4.98 Å². The standard InChI is InChI=1S/C27H27N5O4/c1-15(33)23-24(17-3-5-18(6-4-17)27(34)35)31-26-21(14-30-32(26)25(23)28)19-9-12-22(29-13-19)16-7-10-20(36-2)11-8-16/h7-14,17-18H,3-6,28H2,1-2H3,(H,34,35)/t17-,18-. The molecule has 1 aliphatic rings. The lowest BCUT2D eigenvalue weighted by atomic mass is 9.79. The Morgan fingerprint density at radius 1 is 1.03 bits per heavy atom. The van der Waals surface area contributed by atoms with E-state index in [0.29, 0.717) is 42.6 Å². The highest BCUT2D eigenvalue weighted by molar-refractivity contribution is 6.00. The maximum absolute atomic E-state index is 12.6. The number of methoxy groups -OCH3 is 1. The predicted octanol–water partition coefficient (Wildman–Crippen LogP) is 4.61. The summed E-state index contributed by atoms with van der Waals surface area (Å²) in [5.74, 6) is -0.319. The van der Waals surface area contributed by atoms with E-state index < -0.39 is 5.97 Å². The van der Waals surface area contributed by atoms with E-state index in [0.717, 1.165) is 28.1 Å². The number of rotatable bonds is 6. The van der Waals surface area contributed by atoms with Crippen LogP contribution >= 0.6 is 0 Å². The SMILES string of the molecule is COc1ccc(-c2ccc(-c3cnn4c(N)c(C(C)=O)c([C@H]5CC[C@H](C(=O)O)CC5)nc34)cn2)cc1. The van der Waals surface area contributed by atoms with Crippen molar-refractivity contribution in [1.29, 1.82) is 0 Å². The molecule has 0 unspecified atom stereocenters. The van der Waals surface area contributed by atoms with Crippen LogP contribution in [0.4, 0.5) is 5.82 Å². The molecule has 0 radical (unpaired) electrons. The van der Waals surface area contributed by atoms with E-state index in [1.165, 1.54) is 11.4 Å². The van der Waals surface area contributed by atoms with Gasteiger partial charge in [-0.1, -0.05) is 6.07 Å². The van der Waals surface area contributed by atoms with Crippen LogP contribution in [0.2, 0.25) is 0 Å². The Bertz CT molecular complexity index is 1440. The first kappa shape index (κ1) is 23.5. The van der Waals surface area contributed by atoms with Crippen LogP contribution < -0.4 is 10.5 Å². The first-order valence-electron chi connectivity index (χ1n) is 11.9. The highest BCUT2D eigenvalue weighted by Crippen LogP contribution is 2.39. The zero-order chi connectivity index (χ0) is 25.4. The van der Waals surface area contributed by atoms with Gasteiger partial charge in [0.05, 0.1) is 36.2 Å². The van der Waals surface area contributed by atoms with Crippen molar-refractivity contribution in [3.63, 3.8) is 0 Å². The van der Waals surface area contributed by atoms with Gasteiger partial charge in [-0.2, -0.15) is 9.61 Å². The number of ketones is 1. The molecule has 0 saturated heterocycles. The van der Waals surface area contributed by atoms with Crippen molar-refractivity contribution < 1.29 is 19.4 Å². The minimum absolute atomic E-state index is 0.0369. The van der Waals surface area contributed by atoms with Crippen LogP contribution in [-0.4, -0.2) is 43.6 Å². The van der Waals surface area contributed by atoms with E-state index >= 15 is 0 Å². The summed E-state index contributed by atoms with van der Waals surface area (Å²) in [5, 5.41) is 13.8. The normalized spacial score (nSPS) is 17.7. The van der Waals surface area contributed by atoms with Gasteiger partial charge < -0.3 is 15.6 Å². The van der Waals surface area contributed by atoms with Gasteiger partial charge in [0.2, 0.25) is 0 Å². The number of benzene rings is 1. The Balaban J connectivity index is 1.53. The third-order valence-corrected chi connectivity index (χ3v) is 6.99. The smallest absolute Gasteiger partial charge is 0.306 e. The lowest BCUT2D eigenvalue weighted by Crippen LogP contribution is -2.23. The monoisotopic (exact) mass is 485 g/mol. The molecule has 0 aliphatic heterocycles. The molecule has 184 valence electrons. The predicted molar refractivity (Wildman–Crippen MR) is 135 cm³/mol. The number of carboxylic acids is 1. The third kappa shape index (κ3) is 4.17. The minimum Gasteiger partial charge on any atom is -0.497 e. The van der Waals surface area contributed by atoms with Crippen LogP contribution in [-0.2, 0) is 4.79 Å². The Morgan fingerprint density at radius 3 is 2.31 bits per heavy atom. The van der Waals surface area contributed by atoms with E-state index in [1.807, 2.05) is 36.4 Å². The molecule has 5 rings (SSSR count). The lowest BCUT2D eigenvalue weighted by Gasteiger charge is -2.27. The van der Waals surface area contributed by atoms with E-state index in [4.69, 9.17) is 15.5 Å². The number of aliphatic carboxylic acids is 1. The number of pyridine rings is 1. The highest BCUT2D eigenvalue weighted by Gasteiger charge is 2.31. The summed E-state index contributed by atoms with van der Waals surface area (Å²) < 4.78 is 6.72. The molecule has 3 aromatic heterocycles. The van der Waals surface area contributed by atoms with Crippen LogP contribution in [0.5, 0.6) is 5.75 Å². The first-order valence-corrected chi connectivity index (χ1v) is 11.9. The third-order valence-electron chi connectivity index (χ3n) is 6.99. The molecule has 0 bridgehead atoms. The quantitative estimate of drug-likeness (QED) is 0.378. The number of hydrogen-bond acceptors (Lipinski definition) is 7. The molecule has 1 aliphatic carbocycles. The maximum atomic E-state index is 12.6. The fourth-order valence-corrected chi connectivity index (χ4v) is 4.99. The second-order valence-electron chi connectivity index (χ2n) is 9.15. The highest BCUT2D eigenvalue weighted by atomic mass is 16.5. The molecule has 9 heteroatoms. The molecule has 0 spiro atoms. The molecule has 3 N–H and O–H groups in total. The largest absolute Gasteiger partial charge is 0.497 e. The molecule has 1 saturated carbocycles. The molecular weight excluding hydrogens is 458 g/mol. The number of carboxylic acid groups (broad SMARTS) is 1. The van der Waals surface area contributed by atoms with E-state index in [1.54, 1.807) is 19.5 Å². The van der Waals surface area contributed by atoms with E-state index in [2.05, 4.69) is 10.1 Å². The number of nitrogens with two attached hydrogens (primary N) is 1. The second-order valence-corrected chi connectivity index (χ2v) is 9.15. The number of carbonyl (C=O) groups is 2. The molecule has 4 aromatic rings. The topological polar surface area (TPSA) is 133 Å². The van der Waals surface area contributed by atoms with Crippen molar-refractivity contribution in [2.75, 3.05) is 12.8 Å². The number of carbonyl (C=O) groups excluding carboxylic acids is 1. The Hall–Kier alpha value is -4.27. The zero-order valence-corrected chi connectivity index (χ0v) is 20.1. The summed E-state index contributed by atoms with van der Waals surface area (Å²) in [7, 11) is 1.63. The summed E-state index contributed by atoms with van der Waals surface area (Å²) >= 11 is 0. The summed E-state index contributed by atoms with van der Waals surface area (Å²) in [6.45, 7) is 1.47.